The molecule has 0 radical (unpaired) electrons. The van der Waals surface area contributed by atoms with Crippen LogP contribution in [-0.2, 0) is 20.9 Å². The van der Waals surface area contributed by atoms with E-state index in [9.17, 15) is 9.59 Å². The second-order valence-corrected chi connectivity index (χ2v) is 4.89. The van der Waals surface area contributed by atoms with Gasteiger partial charge in [-0.05, 0) is 24.1 Å². The number of carbonyl (C=O) groups is 2. The van der Waals surface area contributed by atoms with Crippen LogP contribution in [0.3, 0.4) is 0 Å². The number of hydrogen-bond acceptors (Lipinski definition) is 4. The smallest absolute Gasteiger partial charge is 0.310 e. The van der Waals surface area contributed by atoms with Crippen molar-refractivity contribution in [2.75, 3.05) is 19.4 Å². The van der Waals surface area contributed by atoms with Gasteiger partial charge in [-0.1, -0.05) is 12.1 Å². The van der Waals surface area contributed by atoms with Gasteiger partial charge in [0.25, 0.3) is 0 Å². The number of ether oxygens (including phenoxy) is 1. The molecule has 1 atom stereocenters. The van der Waals surface area contributed by atoms with E-state index >= 15 is 0 Å². The Kier molecular flexibility index (Phi) is 3.74. The number of amides is 1. The molecule has 1 saturated heterocycles. The molecule has 102 valence electrons. The van der Waals surface area contributed by atoms with Gasteiger partial charge in [-0.2, -0.15) is 0 Å². The number of nitrogens with zero attached hydrogens (tertiary/aromatic N) is 1. The Morgan fingerprint density at radius 3 is 2.89 bits per heavy atom. The number of nitrogens with two attached hydrogens (primary N) is 1. The van der Waals surface area contributed by atoms with Gasteiger partial charge >= 0.3 is 5.97 Å². The Hall–Kier alpha value is -2.04. The normalized spacial score (nSPS) is 18.7. The molecular formula is C14H18N2O3. The zero-order chi connectivity index (χ0) is 14.0. The molecule has 1 aromatic carbocycles. The average Bonchev–Trinajstić information content (AvgIpc) is 2.74. The largest absolute Gasteiger partial charge is 0.469 e. The quantitative estimate of drug-likeness (QED) is 0.654. The van der Waals surface area contributed by atoms with Crippen LogP contribution in [-0.4, -0.2) is 30.4 Å². The summed E-state index contributed by atoms with van der Waals surface area (Å²) in [6.07, 6.45) is 0.237. The van der Waals surface area contributed by atoms with Gasteiger partial charge in [-0.15, -0.1) is 0 Å². The van der Waals surface area contributed by atoms with Crippen molar-refractivity contribution in [3.63, 3.8) is 0 Å². The van der Waals surface area contributed by atoms with Crippen LogP contribution < -0.4 is 5.73 Å². The predicted octanol–water partition coefficient (Wildman–Crippen LogP) is 1.10. The summed E-state index contributed by atoms with van der Waals surface area (Å²) in [7, 11) is 1.35. The van der Waals surface area contributed by atoms with Crippen LogP contribution in [0, 0.1) is 12.8 Å². The number of methoxy groups -OCH3 is 1. The molecule has 0 aliphatic carbocycles. The van der Waals surface area contributed by atoms with Crippen molar-refractivity contribution in [3.8, 4) is 0 Å². The van der Waals surface area contributed by atoms with Crippen LogP contribution in [0.15, 0.2) is 18.2 Å². The number of likely N-dealkylation sites (tertiary alicyclic amines) is 1. The number of anilines is 1. The van der Waals surface area contributed by atoms with Gasteiger partial charge in [0.15, 0.2) is 0 Å². The molecule has 0 spiro atoms. The summed E-state index contributed by atoms with van der Waals surface area (Å²) >= 11 is 0. The van der Waals surface area contributed by atoms with E-state index in [1.807, 2.05) is 25.1 Å². The molecule has 0 saturated carbocycles. The van der Waals surface area contributed by atoms with Crippen molar-refractivity contribution in [2.24, 2.45) is 5.92 Å². The Balaban J connectivity index is 2.05. The maximum atomic E-state index is 11.9. The molecule has 0 bridgehead atoms. The van der Waals surface area contributed by atoms with E-state index in [0.717, 1.165) is 16.8 Å². The van der Waals surface area contributed by atoms with Crippen LogP contribution in [0.25, 0.3) is 0 Å². The molecule has 19 heavy (non-hydrogen) atoms. The molecule has 2 N–H and O–H groups in total. The minimum absolute atomic E-state index is 0.00937. The molecule has 1 amide bonds. The lowest BCUT2D eigenvalue weighted by Crippen LogP contribution is -2.26. The number of nitrogen functional groups attached to an aromatic ring is 1. The molecule has 2 rings (SSSR count). The minimum Gasteiger partial charge on any atom is -0.469 e. The summed E-state index contributed by atoms with van der Waals surface area (Å²) in [6, 6.07) is 5.71. The summed E-state index contributed by atoms with van der Waals surface area (Å²) < 4.78 is 4.68. The number of hydrogen-bond donors (Lipinski definition) is 1. The molecule has 1 fully saturated rings. The number of esters is 1. The number of aryl methyl sites for hydroxylation is 1. The Bertz CT molecular complexity index is 513. The first-order valence-electron chi connectivity index (χ1n) is 6.22. The van der Waals surface area contributed by atoms with Gasteiger partial charge in [0.1, 0.15) is 0 Å². The Morgan fingerprint density at radius 1 is 1.53 bits per heavy atom. The molecule has 5 heteroatoms. The summed E-state index contributed by atoms with van der Waals surface area (Å²) in [5.74, 6) is -0.665. The van der Waals surface area contributed by atoms with Crippen molar-refractivity contribution >= 4 is 17.6 Å². The fourth-order valence-electron chi connectivity index (χ4n) is 2.31. The fraction of sp³-hybridized carbons (Fsp3) is 0.429. The van der Waals surface area contributed by atoms with E-state index in [4.69, 9.17) is 5.73 Å². The second-order valence-electron chi connectivity index (χ2n) is 4.89. The lowest BCUT2D eigenvalue weighted by atomic mass is 10.1. The fourth-order valence-corrected chi connectivity index (χ4v) is 2.31. The first-order valence-corrected chi connectivity index (χ1v) is 6.22. The van der Waals surface area contributed by atoms with E-state index in [1.54, 1.807) is 4.90 Å². The highest BCUT2D eigenvalue weighted by molar-refractivity contribution is 5.86. The molecule has 5 nitrogen and oxygen atoms in total. The summed E-state index contributed by atoms with van der Waals surface area (Å²) in [5.41, 5.74) is 8.52. The van der Waals surface area contributed by atoms with Crippen LogP contribution in [0.5, 0.6) is 0 Å². The molecule has 1 unspecified atom stereocenters. The zero-order valence-corrected chi connectivity index (χ0v) is 11.2. The number of rotatable bonds is 3. The van der Waals surface area contributed by atoms with Crippen LogP contribution in [0.1, 0.15) is 17.5 Å². The summed E-state index contributed by atoms with van der Waals surface area (Å²) in [4.78, 5) is 25.0. The average molecular weight is 262 g/mol. The maximum Gasteiger partial charge on any atom is 0.310 e. The molecule has 1 aliphatic rings. The SMILES string of the molecule is COC(=O)C1CC(=O)N(Cc2ccc(N)c(C)c2)C1. The molecule has 1 aliphatic heterocycles. The van der Waals surface area contributed by atoms with E-state index in [2.05, 4.69) is 4.74 Å². The van der Waals surface area contributed by atoms with E-state index in [0.29, 0.717) is 13.1 Å². The highest BCUT2D eigenvalue weighted by Crippen LogP contribution is 2.22. The van der Waals surface area contributed by atoms with E-state index in [1.165, 1.54) is 7.11 Å². The van der Waals surface area contributed by atoms with Crippen LogP contribution in [0.2, 0.25) is 0 Å². The standard InChI is InChI=1S/C14H18N2O3/c1-9-5-10(3-4-12(9)15)7-16-8-11(6-13(16)17)14(18)19-2/h3-5,11H,6-8,15H2,1-2H3. The van der Waals surface area contributed by atoms with E-state index in [-0.39, 0.29) is 24.2 Å². The lowest BCUT2D eigenvalue weighted by molar-refractivity contribution is -0.145. The predicted molar refractivity (Wildman–Crippen MR) is 71.1 cm³/mol. The molecule has 0 aromatic heterocycles. The highest BCUT2D eigenvalue weighted by atomic mass is 16.5. The minimum atomic E-state index is -0.340. The third kappa shape index (κ3) is 2.86. The van der Waals surface area contributed by atoms with Gasteiger partial charge in [-0.3, -0.25) is 9.59 Å². The second kappa shape index (κ2) is 5.30. The monoisotopic (exact) mass is 262 g/mol. The topological polar surface area (TPSA) is 72.6 Å². The third-order valence-electron chi connectivity index (χ3n) is 3.46. The molecule has 1 aromatic rings. The van der Waals surface area contributed by atoms with Gasteiger partial charge in [0.2, 0.25) is 5.91 Å². The highest BCUT2D eigenvalue weighted by Gasteiger charge is 2.34. The number of benzene rings is 1. The lowest BCUT2D eigenvalue weighted by Gasteiger charge is -2.17. The van der Waals surface area contributed by atoms with Gasteiger partial charge < -0.3 is 15.4 Å². The van der Waals surface area contributed by atoms with Crippen molar-refractivity contribution in [1.29, 1.82) is 0 Å². The first kappa shape index (κ1) is 13.4. The van der Waals surface area contributed by atoms with E-state index < -0.39 is 0 Å². The molecular weight excluding hydrogens is 244 g/mol. The summed E-state index contributed by atoms with van der Waals surface area (Å²) in [6.45, 7) is 2.87. The van der Waals surface area contributed by atoms with Gasteiger partial charge in [-0.25, -0.2) is 0 Å². The molecule has 1 heterocycles. The number of carbonyl (C=O) groups excluding carboxylic acids is 2. The van der Waals surface area contributed by atoms with Crippen molar-refractivity contribution < 1.29 is 14.3 Å². The maximum absolute atomic E-state index is 11.9. The third-order valence-corrected chi connectivity index (χ3v) is 3.46. The Labute approximate surface area is 112 Å². The first-order chi connectivity index (χ1) is 9.01. The Morgan fingerprint density at radius 2 is 2.26 bits per heavy atom. The van der Waals surface area contributed by atoms with Gasteiger partial charge in [0, 0.05) is 25.2 Å². The van der Waals surface area contributed by atoms with Crippen molar-refractivity contribution in [2.45, 2.75) is 19.9 Å². The summed E-state index contributed by atoms with van der Waals surface area (Å²) in [5, 5.41) is 0. The zero-order valence-electron chi connectivity index (χ0n) is 11.2. The van der Waals surface area contributed by atoms with Crippen molar-refractivity contribution in [1.82, 2.24) is 4.90 Å². The van der Waals surface area contributed by atoms with Crippen LogP contribution >= 0.6 is 0 Å². The van der Waals surface area contributed by atoms with Crippen molar-refractivity contribution in [3.05, 3.63) is 29.3 Å². The van der Waals surface area contributed by atoms with Gasteiger partial charge in [0.05, 0.1) is 13.0 Å². The van der Waals surface area contributed by atoms with Crippen LogP contribution in [0.4, 0.5) is 5.69 Å².